The van der Waals surface area contributed by atoms with Crippen LogP contribution < -0.4 is 0 Å². The van der Waals surface area contributed by atoms with Crippen LogP contribution in [0, 0.1) is 5.92 Å². The van der Waals surface area contributed by atoms with Crippen molar-refractivity contribution in [2.45, 2.75) is 51.4 Å². The van der Waals surface area contributed by atoms with E-state index in [1.165, 1.54) is 11.1 Å². The number of benzene rings is 2. The minimum Gasteiger partial charge on any atom is -0.389 e. The quantitative estimate of drug-likeness (QED) is 0.628. The molecule has 0 amide bonds. The first kappa shape index (κ1) is 19.7. The summed E-state index contributed by atoms with van der Waals surface area (Å²) >= 11 is 0. The van der Waals surface area contributed by atoms with Gasteiger partial charge in [-0.1, -0.05) is 105 Å². The van der Waals surface area contributed by atoms with Crippen LogP contribution in [-0.2, 0) is 6.04 Å². The predicted octanol–water partition coefficient (Wildman–Crippen LogP) is 5.76. The highest BCUT2D eigenvalue weighted by atomic mass is 28.3. The molecule has 25 heavy (non-hydrogen) atoms. The third-order valence-corrected chi connectivity index (χ3v) is 7.61. The Hall–Kier alpha value is -1.64. The van der Waals surface area contributed by atoms with E-state index in [1.807, 2.05) is 13.0 Å². The van der Waals surface area contributed by atoms with Crippen LogP contribution in [0.3, 0.4) is 0 Å². The van der Waals surface area contributed by atoms with Gasteiger partial charge in [-0.25, -0.2) is 0 Å². The number of aliphatic hydroxyl groups is 1. The molecule has 0 aliphatic rings. The minimum absolute atomic E-state index is 0.0104. The van der Waals surface area contributed by atoms with Gasteiger partial charge in [-0.15, -0.1) is 0 Å². The van der Waals surface area contributed by atoms with Crippen molar-refractivity contribution >= 4 is 8.07 Å². The van der Waals surface area contributed by atoms with Crippen LogP contribution in [-0.4, -0.2) is 18.8 Å². The normalized spacial score (nSPS) is 16.1. The van der Waals surface area contributed by atoms with Gasteiger partial charge in [0.2, 0.25) is 0 Å². The average molecular weight is 353 g/mol. The van der Waals surface area contributed by atoms with E-state index in [-0.39, 0.29) is 11.8 Å². The van der Waals surface area contributed by atoms with Gasteiger partial charge in [-0.3, -0.25) is 0 Å². The van der Waals surface area contributed by atoms with E-state index < -0.39 is 13.7 Å². The van der Waals surface area contributed by atoms with Gasteiger partial charge >= 0.3 is 0 Å². The van der Waals surface area contributed by atoms with Gasteiger partial charge < -0.3 is 5.11 Å². The molecule has 0 fully saturated rings. The van der Waals surface area contributed by atoms with E-state index in [1.54, 1.807) is 0 Å². The van der Waals surface area contributed by atoms with Crippen molar-refractivity contribution in [2.75, 3.05) is 0 Å². The van der Waals surface area contributed by atoms with Crippen molar-refractivity contribution < 1.29 is 5.11 Å². The highest BCUT2D eigenvalue weighted by Crippen LogP contribution is 2.35. The van der Waals surface area contributed by atoms with Crippen molar-refractivity contribution in [2.24, 2.45) is 5.92 Å². The molecule has 2 atom stereocenters. The second kappa shape index (κ2) is 8.16. The lowest BCUT2D eigenvalue weighted by molar-refractivity contribution is -0.000164. The molecule has 2 heteroatoms. The summed E-state index contributed by atoms with van der Waals surface area (Å²) in [5.74, 6) is 0.192. The molecule has 0 saturated heterocycles. The van der Waals surface area contributed by atoms with Gasteiger partial charge in [0.05, 0.1) is 13.7 Å². The Kier molecular flexibility index (Phi) is 6.42. The van der Waals surface area contributed by atoms with Crippen LogP contribution in [0.1, 0.15) is 37.8 Å². The zero-order valence-corrected chi connectivity index (χ0v) is 17.2. The molecule has 134 valence electrons. The van der Waals surface area contributed by atoms with E-state index in [9.17, 15) is 5.11 Å². The first-order valence-corrected chi connectivity index (χ1v) is 12.5. The molecule has 1 N–H and O–H groups in total. The summed E-state index contributed by atoms with van der Waals surface area (Å²) in [6.07, 6.45) is 2.27. The summed E-state index contributed by atoms with van der Waals surface area (Å²) in [5.41, 5.74) is 4.22. The lowest BCUT2D eigenvalue weighted by Crippen LogP contribution is -2.38. The van der Waals surface area contributed by atoms with Crippen molar-refractivity contribution in [3.05, 3.63) is 83.6 Å². The van der Waals surface area contributed by atoms with Crippen LogP contribution in [0.25, 0.3) is 0 Å². The highest BCUT2D eigenvalue weighted by molar-refractivity contribution is 6.81. The Morgan fingerprint density at radius 2 is 1.48 bits per heavy atom. The summed E-state index contributed by atoms with van der Waals surface area (Å²) < 4.78 is 0. The van der Waals surface area contributed by atoms with Gasteiger partial charge in [0.15, 0.2) is 0 Å². The largest absolute Gasteiger partial charge is 0.389 e. The third-order valence-electron chi connectivity index (χ3n) is 5.20. The zero-order chi connectivity index (χ0) is 18.5. The Morgan fingerprint density at radius 1 is 0.960 bits per heavy atom. The van der Waals surface area contributed by atoms with E-state index in [0.717, 1.165) is 6.04 Å². The zero-order valence-electron chi connectivity index (χ0n) is 16.2. The summed E-state index contributed by atoms with van der Waals surface area (Å²) in [7, 11) is -1.55. The molecule has 0 unspecified atom stereocenters. The third kappa shape index (κ3) is 5.42. The Balaban J connectivity index is 2.28. The van der Waals surface area contributed by atoms with Gasteiger partial charge in [-0.05, 0) is 24.4 Å². The fourth-order valence-electron chi connectivity index (χ4n) is 3.20. The molecule has 1 nitrogen and oxygen atoms in total. The summed E-state index contributed by atoms with van der Waals surface area (Å²) in [4.78, 5) is 0. The number of rotatable bonds is 7. The predicted molar refractivity (Wildman–Crippen MR) is 111 cm³/mol. The molecular formula is C23H32OSi. The minimum atomic E-state index is -1.55. The van der Waals surface area contributed by atoms with Crippen molar-refractivity contribution in [1.29, 1.82) is 0 Å². The number of hydrogen-bond acceptors (Lipinski definition) is 1. The van der Waals surface area contributed by atoms with E-state index in [0.29, 0.717) is 0 Å². The highest BCUT2D eigenvalue weighted by Gasteiger charge is 2.34. The first-order valence-electron chi connectivity index (χ1n) is 9.23. The molecule has 0 aliphatic carbocycles. The summed E-state index contributed by atoms with van der Waals surface area (Å²) in [6, 6.07) is 22.2. The number of hydrogen-bond donors (Lipinski definition) is 1. The van der Waals surface area contributed by atoms with Gasteiger partial charge in [-0.2, -0.15) is 0 Å². The van der Waals surface area contributed by atoms with Crippen molar-refractivity contribution in [1.82, 2.24) is 0 Å². The monoisotopic (exact) mass is 352 g/mol. The Bertz CT molecular complexity index is 672. The molecule has 0 bridgehead atoms. The fourth-order valence-corrected chi connectivity index (χ4v) is 5.32. The van der Waals surface area contributed by atoms with Gasteiger partial charge in [0.1, 0.15) is 0 Å². The molecule has 0 heterocycles. The molecule has 0 saturated carbocycles. The maximum Gasteiger partial charge on any atom is 0.0756 e. The molecule has 2 rings (SSSR count). The standard InChI is InChI=1S/C23H32OSi/c1-19(2)23(3,24)22(21-14-10-7-11-15-21)16-17-25(4,5)18-20-12-8-6-9-13-20/h6-17,19,22,24H,18H2,1-5H3/b17-16+/t22-,23-/m0/s1. The van der Waals surface area contributed by atoms with Crippen LogP contribution in [0.2, 0.25) is 13.1 Å². The van der Waals surface area contributed by atoms with Crippen LogP contribution in [0.15, 0.2) is 72.4 Å². The maximum absolute atomic E-state index is 11.2. The smallest absolute Gasteiger partial charge is 0.0756 e. The second-order valence-corrected chi connectivity index (χ2v) is 12.9. The molecule has 0 radical (unpaired) electrons. The lowest BCUT2D eigenvalue weighted by Gasteiger charge is -2.35. The Morgan fingerprint density at radius 3 is 2.00 bits per heavy atom. The van der Waals surface area contributed by atoms with E-state index in [4.69, 9.17) is 0 Å². The topological polar surface area (TPSA) is 20.2 Å². The maximum atomic E-state index is 11.2. The lowest BCUT2D eigenvalue weighted by atomic mass is 9.76. The molecule has 0 spiro atoms. The van der Waals surface area contributed by atoms with Crippen molar-refractivity contribution in [3.8, 4) is 0 Å². The van der Waals surface area contributed by atoms with Crippen LogP contribution >= 0.6 is 0 Å². The van der Waals surface area contributed by atoms with Crippen LogP contribution in [0.5, 0.6) is 0 Å². The molecule has 0 aliphatic heterocycles. The summed E-state index contributed by atoms with van der Waals surface area (Å²) in [6.45, 7) is 10.9. The average Bonchev–Trinajstić information content (AvgIpc) is 2.56. The fraction of sp³-hybridized carbons (Fsp3) is 0.391. The van der Waals surface area contributed by atoms with E-state index in [2.05, 4.69) is 93.3 Å². The van der Waals surface area contributed by atoms with E-state index >= 15 is 0 Å². The molecule has 2 aromatic rings. The SMILES string of the molecule is CC(C)[C@](C)(O)[C@@H](/C=C/[Si](C)(C)Cc1ccccc1)c1ccccc1. The first-order chi connectivity index (χ1) is 11.7. The molecule has 0 aromatic heterocycles. The van der Waals surface area contributed by atoms with Gasteiger partial charge in [0.25, 0.3) is 0 Å². The molecular weight excluding hydrogens is 320 g/mol. The van der Waals surface area contributed by atoms with Gasteiger partial charge in [0, 0.05) is 5.92 Å². The van der Waals surface area contributed by atoms with Crippen molar-refractivity contribution in [3.63, 3.8) is 0 Å². The Labute approximate surface area is 154 Å². The second-order valence-electron chi connectivity index (χ2n) is 8.28. The van der Waals surface area contributed by atoms with Crippen LogP contribution in [0.4, 0.5) is 0 Å². The molecule has 2 aromatic carbocycles. The summed E-state index contributed by atoms with van der Waals surface area (Å²) in [5, 5.41) is 11.2.